The molecule has 1 aliphatic heterocycles. The van der Waals surface area contributed by atoms with Gasteiger partial charge in [-0.3, -0.25) is 4.79 Å². The van der Waals surface area contributed by atoms with Gasteiger partial charge in [-0.2, -0.15) is 0 Å². The number of likely N-dealkylation sites (tertiary alicyclic amines) is 1. The van der Waals surface area contributed by atoms with Crippen molar-refractivity contribution < 1.29 is 4.79 Å². The number of hydrogen-bond acceptors (Lipinski definition) is 3. The molecule has 1 aromatic heterocycles. The third-order valence-corrected chi connectivity index (χ3v) is 4.16. The number of hydrogen-bond donors (Lipinski definition) is 1. The third kappa shape index (κ3) is 2.51. The summed E-state index contributed by atoms with van der Waals surface area (Å²) in [5, 5.41) is 1.05. The van der Waals surface area contributed by atoms with Crippen LogP contribution in [0, 0.1) is 0 Å². The van der Waals surface area contributed by atoms with Crippen LogP contribution in [-0.4, -0.2) is 35.9 Å². The van der Waals surface area contributed by atoms with E-state index in [0.717, 1.165) is 24.0 Å². The van der Waals surface area contributed by atoms with E-state index >= 15 is 0 Å². The standard InChI is InChI=1S/C16H19N3O/c1-19-8-6-11(7-9-19)13-3-2-12-4-5-14(16(17)20)18-15(12)10-13/h2-5,10-11H,6-9H2,1H3,(H2,17,20). The molecule has 0 saturated carbocycles. The number of piperidine rings is 1. The highest BCUT2D eigenvalue weighted by molar-refractivity contribution is 5.93. The number of carbonyl (C=O) groups is 1. The van der Waals surface area contributed by atoms with Crippen LogP contribution in [0.15, 0.2) is 30.3 Å². The monoisotopic (exact) mass is 269 g/mol. The summed E-state index contributed by atoms with van der Waals surface area (Å²) in [5.74, 6) is 0.117. The van der Waals surface area contributed by atoms with Crippen molar-refractivity contribution in [1.29, 1.82) is 0 Å². The molecule has 0 radical (unpaired) electrons. The minimum absolute atomic E-state index is 0.332. The zero-order chi connectivity index (χ0) is 14.1. The van der Waals surface area contributed by atoms with Gasteiger partial charge in [0.25, 0.3) is 5.91 Å². The quantitative estimate of drug-likeness (QED) is 0.908. The Morgan fingerprint density at radius 2 is 1.95 bits per heavy atom. The number of fused-ring (bicyclic) bond motifs is 1. The van der Waals surface area contributed by atoms with E-state index in [-0.39, 0.29) is 0 Å². The predicted molar refractivity (Wildman–Crippen MR) is 79.7 cm³/mol. The molecule has 104 valence electrons. The summed E-state index contributed by atoms with van der Waals surface area (Å²) in [7, 11) is 2.16. The Balaban J connectivity index is 1.94. The molecular weight excluding hydrogens is 250 g/mol. The molecule has 2 heterocycles. The second-order valence-corrected chi connectivity index (χ2v) is 5.59. The van der Waals surface area contributed by atoms with Crippen molar-refractivity contribution in [2.45, 2.75) is 18.8 Å². The SMILES string of the molecule is CN1CCC(c2ccc3ccc(C(N)=O)nc3c2)CC1. The van der Waals surface area contributed by atoms with Crippen molar-refractivity contribution >= 4 is 16.8 Å². The van der Waals surface area contributed by atoms with Gasteiger partial charge >= 0.3 is 0 Å². The summed E-state index contributed by atoms with van der Waals surface area (Å²) < 4.78 is 0. The highest BCUT2D eigenvalue weighted by atomic mass is 16.1. The van der Waals surface area contributed by atoms with Crippen LogP contribution >= 0.6 is 0 Å². The minimum atomic E-state index is -0.475. The Hall–Kier alpha value is -1.94. The normalized spacial score (nSPS) is 17.4. The minimum Gasteiger partial charge on any atom is -0.364 e. The van der Waals surface area contributed by atoms with Gasteiger partial charge in [-0.25, -0.2) is 4.98 Å². The van der Waals surface area contributed by atoms with Crippen molar-refractivity contribution in [3.05, 3.63) is 41.6 Å². The number of aromatic nitrogens is 1. The summed E-state index contributed by atoms with van der Waals surface area (Å²) in [5.41, 5.74) is 7.80. The van der Waals surface area contributed by atoms with E-state index in [9.17, 15) is 4.79 Å². The van der Waals surface area contributed by atoms with E-state index in [0.29, 0.717) is 11.6 Å². The fourth-order valence-electron chi connectivity index (χ4n) is 2.87. The molecule has 2 aromatic rings. The van der Waals surface area contributed by atoms with E-state index in [1.165, 1.54) is 18.4 Å². The summed E-state index contributed by atoms with van der Waals surface area (Å²) in [4.78, 5) is 17.9. The van der Waals surface area contributed by atoms with Crippen LogP contribution in [0.25, 0.3) is 10.9 Å². The zero-order valence-corrected chi connectivity index (χ0v) is 11.7. The molecule has 1 fully saturated rings. The number of nitrogens with two attached hydrogens (primary N) is 1. The second kappa shape index (κ2) is 5.21. The predicted octanol–water partition coefficient (Wildman–Crippen LogP) is 2.14. The van der Waals surface area contributed by atoms with Crippen molar-refractivity contribution in [2.24, 2.45) is 5.73 Å². The Morgan fingerprint density at radius 1 is 1.25 bits per heavy atom. The number of nitrogens with zero attached hydrogens (tertiary/aromatic N) is 2. The van der Waals surface area contributed by atoms with Crippen LogP contribution in [0.4, 0.5) is 0 Å². The van der Waals surface area contributed by atoms with E-state index in [2.05, 4.69) is 35.1 Å². The second-order valence-electron chi connectivity index (χ2n) is 5.59. The lowest BCUT2D eigenvalue weighted by molar-refractivity contribution is 0.0996. The van der Waals surface area contributed by atoms with Crippen molar-refractivity contribution in [3.8, 4) is 0 Å². The van der Waals surface area contributed by atoms with Crippen LogP contribution in [0.3, 0.4) is 0 Å². The van der Waals surface area contributed by atoms with Crippen LogP contribution in [0.1, 0.15) is 34.8 Å². The molecule has 20 heavy (non-hydrogen) atoms. The molecule has 4 nitrogen and oxygen atoms in total. The van der Waals surface area contributed by atoms with Gasteiger partial charge in [0.1, 0.15) is 5.69 Å². The topological polar surface area (TPSA) is 59.2 Å². The number of carbonyl (C=O) groups excluding carboxylic acids is 1. The lowest BCUT2D eigenvalue weighted by atomic mass is 9.89. The number of pyridine rings is 1. The third-order valence-electron chi connectivity index (χ3n) is 4.16. The molecule has 2 N–H and O–H groups in total. The number of benzene rings is 1. The maximum atomic E-state index is 11.2. The molecule has 1 aromatic carbocycles. The van der Waals surface area contributed by atoms with Crippen LogP contribution in [-0.2, 0) is 0 Å². The van der Waals surface area contributed by atoms with Gasteiger partial charge in [0.05, 0.1) is 5.52 Å². The van der Waals surface area contributed by atoms with Crippen LogP contribution in [0.5, 0.6) is 0 Å². The molecule has 1 saturated heterocycles. The molecule has 4 heteroatoms. The molecule has 1 aliphatic rings. The number of amides is 1. The van der Waals surface area contributed by atoms with Gasteiger partial charge in [-0.05, 0) is 56.6 Å². The molecular formula is C16H19N3O. The lowest BCUT2D eigenvalue weighted by Gasteiger charge is -2.29. The van der Waals surface area contributed by atoms with Gasteiger partial charge in [0.2, 0.25) is 0 Å². The molecule has 0 atom stereocenters. The average molecular weight is 269 g/mol. The molecule has 0 bridgehead atoms. The first-order valence-electron chi connectivity index (χ1n) is 7.02. The zero-order valence-electron chi connectivity index (χ0n) is 11.7. The fraction of sp³-hybridized carbons (Fsp3) is 0.375. The smallest absolute Gasteiger partial charge is 0.267 e. The summed E-state index contributed by atoms with van der Waals surface area (Å²) in [6, 6.07) is 9.96. The molecule has 0 unspecified atom stereocenters. The largest absolute Gasteiger partial charge is 0.364 e. The first-order chi connectivity index (χ1) is 9.63. The number of rotatable bonds is 2. The molecule has 3 rings (SSSR count). The van der Waals surface area contributed by atoms with Gasteiger partial charge in [0, 0.05) is 5.39 Å². The van der Waals surface area contributed by atoms with Gasteiger partial charge in [-0.15, -0.1) is 0 Å². The van der Waals surface area contributed by atoms with Crippen LogP contribution < -0.4 is 5.73 Å². The van der Waals surface area contributed by atoms with Gasteiger partial charge in [0.15, 0.2) is 0 Å². The maximum Gasteiger partial charge on any atom is 0.267 e. The lowest BCUT2D eigenvalue weighted by Crippen LogP contribution is -2.29. The highest BCUT2D eigenvalue weighted by Crippen LogP contribution is 2.29. The Kier molecular flexibility index (Phi) is 3.40. The van der Waals surface area contributed by atoms with Crippen molar-refractivity contribution in [1.82, 2.24) is 9.88 Å². The van der Waals surface area contributed by atoms with Gasteiger partial charge in [-0.1, -0.05) is 18.2 Å². The molecule has 0 spiro atoms. The van der Waals surface area contributed by atoms with E-state index in [1.807, 2.05) is 6.07 Å². The van der Waals surface area contributed by atoms with Crippen LogP contribution in [0.2, 0.25) is 0 Å². The molecule has 0 aliphatic carbocycles. The Bertz CT molecular complexity index is 645. The van der Waals surface area contributed by atoms with Gasteiger partial charge < -0.3 is 10.6 Å². The first-order valence-corrected chi connectivity index (χ1v) is 7.02. The van der Waals surface area contributed by atoms with E-state index in [1.54, 1.807) is 6.07 Å². The first kappa shape index (κ1) is 13.1. The van der Waals surface area contributed by atoms with E-state index in [4.69, 9.17) is 5.73 Å². The fourth-order valence-corrected chi connectivity index (χ4v) is 2.87. The van der Waals surface area contributed by atoms with Crippen molar-refractivity contribution in [3.63, 3.8) is 0 Å². The summed E-state index contributed by atoms with van der Waals surface area (Å²) in [6.07, 6.45) is 2.36. The van der Waals surface area contributed by atoms with E-state index < -0.39 is 5.91 Å². The Morgan fingerprint density at radius 3 is 2.65 bits per heavy atom. The average Bonchev–Trinajstić information content (AvgIpc) is 2.47. The Labute approximate surface area is 118 Å². The highest BCUT2D eigenvalue weighted by Gasteiger charge is 2.18. The summed E-state index contributed by atoms with van der Waals surface area (Å²) >= 11 is 0. The number of primary amides is 1. The molecule has 1 amide bonds. The van der Waals surface area contributed by atoms with Crippen molar-refractivity contribution in [2.75, 3.05) is 20.1 Å². The maximum absolute atomic E-state index is 11.2. The summed E-state index contributed by atoms with van der Waals surface area (Å²) in [6.45, 7) is 2.27.